The fraction of sp³-hybridized carbons (Fsp3) is 1.00. The maximum absolute atomic E-state index is 3.71. The lowest BCUT2D eigenvalue weighted by atomic mass is 9.85. The molecule has 0 aromatic carbocycles. The van der Waals surface area contributed by atoms with Crippen molar-refractivity contribution in [3.05, 3.63) is 0 Å². The average molecular weight is 268 g/mol. The van der Waals surface area contributed by atoms with Gasteiger partial charge in [0.25, 0.3) is 0 Å². The zero-order valence-electron chi connectivity index (χ0n) is 14.2. The monoisotopic (exact) mass is 268 g/mol. The summed E-state index contributed by atoms with van der Waals surface area (Å²) in [6.07, 6.45) is 6.85. The van der Waals surface area contributed by atoms with Gasteiger partial charge in [0.2, 0.25) is 0 Å². The molecule has 114 valence electrons. The Kier molecular flexibility index (Phi) is 6.32. The van der Waals surface area contributed by atoms with Gasteiger partial charge in [-0.05, 0) is 58.9 Å². The van der Waals surface area contributed by atoms with Crippen LogP contribution in [0.25, 0.3) is 0 Å². The van der Waals surface area contributed by atoms with Crippen LogP contribution in [0.2, 0.25) is 0 Å². The summed E-state index contributed by atoms with van der Waals surface area (Å²) in [4.78, 5) is 2.74. The van der Waals surface area contributed by atoms with E-state index in [1.165, 1.54) is 45.2 Å². The molecule has 0 saturated carbocycles. The highest BCUT2D eigenvalue weighted by molar-refractivity contribution is 4.85. The third kappa shape index (κ3) is 6.27. The molecule has 19 heavy (non-hydrogen) atoms. The molecule has 1 aliphatic heterocycles. The van der Waals surface area contributed by atoms with Crippen LogP contribution in [0, 0.1) is 5.41 Å². The van der Waals surface area contributed by atoms with Crippen LogP contribution in [0.3, 0.4) is 0 Å². The van der Waals surface area contributed by atoms with Gasteiger partial charge in [0.1, 0.15) is 0 Å². The largest absolute Gasteiger partial charge is 0.311 e. The summed E-state index contributed by atoms with van der Waals surface area (Å²) >= 11 is 0. The maximum atomic E-state index is 3.71. The van der Waals surface area contributed by atoms with Gasteiger partial charge in [0.15, 0.2) is 0 Å². The first kappa shape index (κ1) is 17.0. The average Bonchev–Trinajstić information content (AvgIpc) is 2.52. The van der Waals surface area contributed by atoms with Gasteiger partial charge in [-0.3, -0.25) is 0 Å². The molecular weight excluding hydrogens is 232 g/mol. The number of rotatable bonds is 5. The standard InChI is InChI=1S/C17H36N2/c1-7-17(6,13-18-16(3,4)5)14-19-12-10-8-9-11-15(19)2/h15,18H,7-14H2,1-6H3. The van der Waals surface area contributed by atoms with E-state index >= 15 is 0 Å². The molecule has 0 bridgehead atoms. The molecule has 1 fully saturated rings. The van der Waals surface area contributed by atoms with Crippen LogP contribution in [0.15, 0.2) is 0 Å². The van der Waals surface area contributed by atoms with E-state index < -0.39 is 0 Å². The van der Waals surface area contributed by atoms with Crippen LogP contribution >= 0.6 is 0 Å². The summed E-state index contributed by atoms with van der Waals surface area (Å²) in [6, 6.07) is 0.767. The SMILES string of the molecule is CCC(C)(CNC(C)(C)C)CN1CCCCCC1C. The van der Waals surface area contributed by atoms with Gasteiger partial charge in [-0.2, -0.15) is 0 Å². The molecule has 2 nitrogen and oxygen atoms in total. The molecule has 0 spiro atoms. The quantitative estimate of drug-likeness (QED) is 0.809. The second kappa shape index (κ2) is 7.08. The Bertz CT molecular complexity index is 256. The van der Waals surface area contributed by atoms with Gasteiger partial charge in [0.05, 0.1) is 0 Å². The summed E-state index contributed by atoms with van der Waals surface area (Å²) in [5.41, 5.74) is 0.618. The van der Waals surface area contributed by atoms with E-state index in [-0.39, 0.29) is 5.54 Å². The Labute approximate surface area is 121 Å². The highest BCUT2D eigenvalue weighted by Crippen LogP contribution is 2.26. The minimum atomic E-state index is 0.223. The number of hydrogen-bond donors (Lipinski definition) is 1. The topological polar surface area (TPSA) is 15.3 Å². The Morgan fingerprint density at radius 2 is 1.79 bits per heavy atom. The van der Waals surface area contributed by atoms with Crippen LogP contribution < -0.4 is 5.32 Å². The fourth-order valence-corrected chi connectivity index (χ4v) is 2.83. The molecule has 1 rings (SSSR count). The number of hydrogen-bond acceptors (Lipinski definition) is 2. The molecule has 2 unspecified atom stereocenters. The van der Waals surface area contributed by atoms with Crippen molar-refractivity contribution in [1.82, 2.24) is 10.2 Å². The highest BCUT2D eigenvalue weighted by atomic mass is 15.2. The van der Waals surface area contributed by atoms with Crippen LogP contribution in [0.5, 0.6) is 0 Å². The summed E-state index contributed by atoms with van der Waals surface area (Å²) in [7, 11) is 0. The van der Waals surface area contributed by atoms with Crippen molar-refractivity contribution in [3.8, 4) is 0 Å². The van der Waals surface area contributed by atoms with E-state index in [9.17, 15) is 0 Å². The lowest BCUT2D eigenvalue weighted by Gasteiger charge is -2.39. The summed E-state index contributed by atoms with van der Waals surface area (Å²) in [5, 5.41) is 3.71. The predicted molar refractivity (Wildman–Crippen MR) is 85.7 cm³/mol. The molecule has 0 radical (unpaired) electrons. The Morgan fingerprint density at radius 3 is 2.37 bits per heavy atom. The fourth-order valence-electron chi connectivity index (χ4n) is 2.83. The van der Waals surface area contributed by atoms with Crippen LogP contribution in [-0.2, 0) is 0 Å². The first-order chi connectivity index (χ1) is 8.76. The Hall–Kier alpha value is -0.0800. The predicted octanol–water partition coefficient (Wildman–Crippen LogP) is 4.06. The van der Waals surface area contributed by atoms with Gasteiger partial charge in [0, 0.05) is 24.7 Å². The van der Waals surface area contributed by atoms with E-state index in [0.29, 0.717) is 5.41 Å². The first-order valence-corrected chi connectivity index (χ1v) is 8.25. The molecule has 1 heterocycles. The van der Waals surface area contributed by atoms with Crippen molar-refractivity contribution in [3.63, 3.8) is 0 Å². The second-order valence-electron chi connectivity index (χ2n) is 7.94. The second-order valence-corrected chi connectivity index (χ2v) is 7.94. The van der Waals surface area contributed by atoms with E-state index in [1.54, 1.807) is 0 Å². The zero-order chi connectivity index (χ0) is 14.5. The smallest absolute Gasteiger partial charge is 0.00967 e. The van der Waals surface area contributed by atoms with Crippen molar-refractivity contribution in [2.24, 2.45) is 5.41 Å². The molecule has 0 aliphatic carbocycles. The van der Waals surface area contributed by atoms with Crippen LogP contribution in [-0.4, -0.2) is 36.1 Å². The third-order valence-corrected chi connectivity index (χ3v) is 4.67. The van der Waals surface area contributed by atoms with E-state index in [0.717, 1.165) is 12.6 Å². The number of likely N-dealkylation sites (tertiary alicyclic amines) is 1. The summed E-state index contributed by atoms with van der Waals surface area (Å²) < 4.78 is 0. The molecule has 1 N–H and O–H groups in total. The van der Waals surface area contributed by atoms with Gasteiger partial charge >= 0.3 is 0 Å². The molecule has 0 amide bonds. The van der Waals surface area contributed by atoms with Crippen molar-refractivity contribution >= 4 is 0 Å². The minimum Gasteiger partial charge on any atom is -0.311 e. The normalized spacial score (nSPS) is 25.9. The summed E-state index contributed by atoms with van der Waals surface area (Å²) in [5.74, 6) is 0. The van der Waals surface area contributed by atoms with Crippen molar-refractivity contribution < 1.29 is 0 Å². The van der Waals surface area contributed by atoms with Gasteiger partial charge < -0.3 is 10.2 Å². The van der Waals surface area contributed by atoms with Gasteiger partial charge in [-0.1, -0.05) is 26.7 Å². The highest BCUT2D eigenvalue weighted by Gasteiger charge is 2.29. The van der Waals surface area contributed by atoms with Crippen molar-refractivity contribution in [2.75, 3.05) is 19.6 Å². The van der Waals surface area contributed by atoms with Gasteiger partial charge in [-0.15, -0.1) is 0 Å². The number of nitrogens with one attached hydrogen (secondary N) is 1. The third-order valence-electron chi connectivity index (χ3n) is 4.67. The van der Waals surface area contributed by atoms with E-state index in [2.05, 4.69) is 51.8 Å². The van der Waals surface area contributed by atoms with Crippen molar-refractivity contribution in [2.45, 2.75) is 85.2 Å². The lowest BCUT2D eigenvalue weighted by molar-refractivity contribution is 0.116. The molecule has 0 aromatic heterocycles. The van der Waals surface area contributed by atoms with Gasteiger partial charge in [-0.25, -0.2) is 0 Å². The van der Waals surface area contributed by atoms with E-state index in [1.807, 2.05) is 0 Å². The van der Waals surface area contributed by atoms with Crippen LogP contribution in [0.1, 0.15) is 73.6 Å². The number of nitrogens with zero attached hydrogens (tertiary/aromatic N) is 1. The Morgan fingerprint density at radius 1 is 1.11 bits per heavy atom. The van der Waals surface area contributed by atoms with E-state index in [4.69, 9.17) is 0 Å². The molecule has 2 heteroatoms. The zero-order valence-corrected chi connectivity index (χ0v) is 14.2. The summed E-state index contributed by atoms with van der Waals surface area (Å²) in [6.45, 7) is 17.7. The Balaban J connectivity index is 2.57. The lowest BCUT2D eigenvalue weighted by Crippen LogP contribution is -2.49. The molecule has 1 aliphatic rings. The molecular formula is C17H36N2. The minimum absolute atomic E-state index is 0.223. The van der Waals surface area contributed by atoms with Crippen LogP contribution in [0.4, 0.5) is 0 Å². The molecule has 2 atom stereocenters. The molecule has 0 aromatic rings. The van der Waals surface area contributed by atoms with Crippen molar-refractivity contribution in [1.29, 1.82) is 0 Å². The molecule has 1 saturated heterocycles. The maximum Gasteiger partial charge on any atom is 0.00967 e. The first-order valence-electron chi connectivity index (χ1n) is 8.25.